The van der Waals surface area contributed by atoms with Crippen LogP contribution in [0.4, 0.5) is 11.5 Å². The zero-order valence-corrected chi connectivity index (χ0v) is 16.6. The van der Waals surface area contributed by atoms with Crippen LogP contribution >= 0.6 is 0 Å². The fraction of sp³-hybridized carbons (Fsp3) is 0.476. The highest BCUT2D eigenvalue weighted by molar-refractivity contribution is 5.98. The molecule has 1 fully saturated rings. The summed E-state index contributed by atoms with van der Waals surface area (Å²) in [4.78, 5) is 16.9. The van der Waals surface area contributed by atoms with Gasteiger partial charge < -0.3 is 21.4 Å². The van der Waals surface area contributed by atoms with E-state index in [4.69, 9.17) is 5.73 Å². The van der Waals surface area contributed by atoms with E-state index in [2.05, 4.69) is 43.6 Å². The molecule has 148 valence electrons. The van der Waals surface area contributed by atoms with Gasteiger partial charge in [0.05, 0.1) is 11.4 Å². The molecule has 0 spiro atoms. The van der Waals surface area contributed by atoms with Crippen LogP contribution in [0.5, 0.6) is 0 Å². The number of H-pyrrole nitrogens is 1. The highest BCUT2D eigenvalue weighted by Crippen LogP contribution is 2.35. The Morgan fingerprint density at radius 1 is 1.14 bits per heavy atom. The molecule has 7 heteroatoms. The minimum atomic E-state index is 0.332. The first-order valence-corrected chi connectivity index (χ1v) is 10.2. The van der Waals surface area contributed by atoms with Crippen LogP contribution in [0.15, 0.2) is 24.7 Å². The van der Waals surface area contributed by atoms with Gasteiger partial charge in [0.1, 0.15) is 17.8 Å². The molecule has 1 aliphatic rings. The van der Waals surface area contributed by atoms with Gasteiger partial charge in [0.25, 0.3) is 0 Å². The molecule has 1 aliphatic carbocycles. The number of aryl methyl sites for hydroxylation is 1. The van der Waals surface area contributed by atoms with E-state index in [1.165, 1.54) is 5.69 Å². The zero-order chi connectivity index (χ0) is 19.5. The first kappa shape index (κ1) is 18.7. The van der Waals surface area contributed by atoms with Gasteiger partial charge in [-0.3, -0.25) is 0 Å². The maximum atomic E-state index is 6.10. The molecule has 0 amide bonds. The molecule has 0 saturated heterocycles. The van der Waals surface area contributed by atoms with Crippen LogP contribution in [0.3, 0.4) is 0 Å². The van der Waals surface area contributed by atoms with Crippen molar-refractivity contribution in [3.8, 4) is 11.3 Å². The lowest BCUT2D eigenvalue weighted by atomic mass is 9.91. The van der Waals surface area contributed by atoms with Gasteiger partial charge in [-0.25, -0.2) is 15.0 Å². The number of pyridine rings is 1. The summed E-state index contributed by atoms with van der Waals surface area (Å²) in [6, 6.07) is 4.94. The second-order valence-corrected chi connectivity index (χ2v) is 7.65. The quantitative estimate of drug-likeness (QED) is 0.521. The zero-order valence-electron chi connectivity index (χ0n) is 16.6. The van der Waals surface area contributed by atoms with Crippen LogP contribution in [0, 0.1) is 0 Å². The first-order valence-electron chi connectivity index (χ1n) is 10.2. The third kappa shape index (κ3) is 3.80. The van der Waals surface area contributed by atoms with Crippen molar-refractivity contribution in [2.24, 2.45) is 5.73 Å². The van der Waals surface area contributed by atoms with E-state index >= 15 is 0 Å². The number of nitrogens with two attached hydrogens (primary N) is 1. The van der Waals surface area contributed by atoms with Gasteiger partial charge in [0.15, 0.2) is 0 Å². The molecule has 3 aromatic heterocycles. The topological polar surface area (TPSA) is 105 Å². The number of nitrogens with zero attached hydrogens (tertiary/aromatic N) is 3. The fourth-order valence-electron chi connectivity index (χ4n) is 3.99. The van der Waals surface area contributed by atoms with Crippen molar-refractivity contribution in [3.63, 3.8) is 0 Å². The highest BCUT2D eigenvalue weighted by atomic mass is 15.0. The van der Waals surface area contributed by atoms with Crippen LogP contribution in [-0.2, 0) is 6.42 Å². The van der Waals surface area contributed by atoms with Crippen molar-refractivity contribution in [1.82, 2.24) is 19.9 Å². The van der Waals surface area contributed by atoms with Gasteiger partial charge in [0, 0.05) is 48.0 Å². The average Bonchev–Trinajstić information content (AvgIpc) is 3.13. The molecule has 0 atom stereocenters. The molecule has 0 radical (unpaired) electrons. The lowest BCUT2D eigenvalue weighted by molar-refractivity contribution is 0.411. The molecule has 28 heavy (non-hydrogen) atoms. The number of nitrogens with one attached hydrogen (secondary N) is 3. The molecule has 3 aromatic rings. The van der Waals surface area contributed by atoms with Gasteiger partial charge in [-0.15, -0.1) is 0 Å². The second kappa shape index (κ2) is 8.14. The Morgan fingerprint density at radius 2 is 1.96 bits per heavy atom. The van der Waals surface area contributed by atoms with Crippen LogP contribution < -0.4 is 16.4 Å². The van der Waals surface area contributed by atoms with Crippen LogP contribution in [0.2, 0.25) is 0 Å². The summed E-state index contributed by atoms with van der Waals surface area (Å²) >= 11 is 0. The lowest BCUT2D eigenvalue weighted by Gasteiger charge is -2.28. The van der Waals surface area contributed by atoms with E-state index in [9.17, 15) is 0 Å². The second-order valence-electron chi connectivity index (χ2n) is 7.65. The molecule has 0 unspecified atom stereocenters. The van der Waals surface area contributed by atoms with Crippen molar-refractivity contribution in [3.05, 3.63) is 30.4 Å². The molecule has 5 N–H and O–H groups in total. The van der Waals surface area contributed by atoms with Crippen LogP contribution in [0.25, 0.3) is 22.3 Å². The summed E-state index contributed by atoms with van der Waals surface area (Å²) in [5.74, 6) is 0.792. The van der Waals surface area contributed by atoms with Gasteiger partial charge in [-0.05, 0) is 38.2 Å². The Labute approximate surface area is 165 Å². The highest BCUT2D eigenvalue weighted by Gasteiger charge is 2.22. The number of aromatic amines is 1. The molecule has 0 aliphatic heterocycles. The van der Waals surface area contributed by atoms with Crippen molar-refractivity contribution in [1.29, 1.82) is 0 Å². The normalized spacial score (nSPS) is 19.7. The Bertz CT molecular complexity index is 941. The lowest BCUT2D eigenvalue weighted by Crippen LogP contribution is -2.33. The Morgan fingerprint density at radius 3 is 2.71 bits per heavy atom. The molecule has 7 nitrogen and oxygen atoms in total. The van der Waals surface area contributed by atoms with Crippen molar-refractivity contribution >= 4 is 22.5 Å². The summed E-state index contributed by atoms with van der Waals surface area (Å²) in [6.07, 6.45) is 9.91. The SMILES string of the molecule is CCCc1cc2c(N[C@H]3CC[C@H](N)CC3)c(-c3cc(NC)ncn3)cnc2[nH]1. The Kier molecular flexibility index (Phi) is 5.43. The Hall–Kier alpha value is -2.67. The molecule has 3 heterocycles. The first-order chi connectivity index (χ1) is 13.7. The van der Waals surface area contributed by atoms with E-state index in [1.807, 2.05) is 19.3 Å². The number of anilines is 2. The maximum Gasteiger partial charge on any atom is 0.139 e. The number of aromatic nitrogens is 4. The number of rotatable bonds is 6. The van der Waals surface area contributed by atoms with Crippen LogP contribution in [0.1, 0.15) is 44.7 Å². The van der Waals surface area contributed by atoms with Crippen LogP contribution in [-0.4, -0.2) is 39.1 Å². The molecule has 0 bridgehead atoms. The molecular weight excluding hydrogens is 350 g/mol. The Balaban J connectivity index is 1.78. The van der Waals surface area contributed by atoms with Gasteiger partial charge in [0.2, 0.25) is 0 Å². The summed E-state index contributed by atoms with van der Waals surface area (Å²) in [6.45, 7) is 2.19. The van der Waals surface area contributed by atoms with Crippen molar-refractivity contribution < 1.29 is 0 Å². The fourth-order valence-corrected chi connectivity index (χ4v) is 3.99. The standard InChI is InChI=1S/C21H29N7/c1-3-4-15-9-16-20(27-14-7-5-13(22)6-8-14)17(11-24-21(16)28-15)18-10-19(23-2)26-12-25-18/h9-14H,3-8,22H2,1-2H3,(H,23,25,26)(H2,24,27,28)/t13-,14-. The largest absolute Gasteiger partial charge is 0.381 e. The number of hydrogen-bond donors (Lipinski definition) is 4. The van der Waals surface area contributed by atoms with E-state index < -0.39 is 0 Å². The number of fused-ring (bicyclic) bond motifs is 1. The minimum Gasteiger partial charge on any atom is -0.381 e. The minimum absolute atomic E-state index is 0.332. The number of hydrogen-bond acceptors (Lipinski definition) is 6. The summed E-state index contributed by atoms with van der Waals surface area (Å²) < 4.78 is 0. The van der Waals surface area contributed by atoms with E-state index in [1.54, 1.807) is 6.33 Å². The molecular formula is C21H29N7. The van der Waals surface area contributed by atoms with E-state index in [0.29, 0.717) is 12.1 Å². The predicted octanol–water partition coefficient (Wildman–Crippen LogP) is 3.70. The van der Waals surface area contributed by atoms with E-state index in [-0.39, 0.29) is 0 Å². The maximum absolute atomic E-state index is 6.10. The van der Waals surface area contributed by atoms with Gasteiger partial charge in [-0.1, -0.05) is 13.3 Å². The van der Waals surface area contributed by atoms with Gasteiger partial charge >= 0.3 is 0 Å². The molecule has 1 saturated carbocycles. The molecule has 4 rings (SSSR count). The van der Waals surface area contributed by atoms with E-state index in [0.717, 1.165) is 72.3 Å². The van der Waals surface area contributed by atoms with Crippen molar-refractivity contribution in [2.45, 2.75) is 57.5 Å². The van der Waals surface area contributed by atoms with Crippen molar-refractivity contribution in [2.75, 3.05) is 17.7 Å². The third-order valence-electron chi connectivity index (χ3n) is 5.55. The predicted molar refractivity (Wildman–Crippen MR) is 115 cm³/mol. The third-order valence-corrected chi connectivity index (χ3v) is 5.55. The molecule has 0 aromatic carbocycles. The summed E-state index contributed by atoms with van der Waals surface area (Å²) in [5, 5.41) is 8.02. The van der Waals surface area contributed by atoms with Gasteiger partial charge in [-0.2, -0.15) is 0 Å². The monoisotopic (exact) mass is 379 g/mol. The summed E-state index contributed by atoms with van der Waals surface area (Å²) in [7, 11) is 1.86. The smallest absolute Gasteiger partial charge is 0.139 e. The average molecular weight is 380 g/mol. The summed E-state index contributed by atoms with van der Waals surface area (Å²) in [5.41, 5.74) is 11.2.